The molecule has 20 heavy (non-hydrogen) atoms. The molecule has 0 aliphatic rings. The standard InChI is InChI=1S/C15H19N3O2/c1-3-20-14(19)9-8-11(2)18-15-12-6-4-5-7-13(12)16-10-17-15/h4-7,10-11H,3,8-9H2,1-2H3,(H,16,17,18). The summed E-state index contributed by atoms with van der Waals surface area (Å²) in [7, 11) is 0. The Kier molecular flexibility index (Phi) is 4.87. The summed E-state index contributed by atoms with van der Waals surface area (Å²) < 4.78 is 4.92. The van der Waals surface area contributed by atoms with Crippen LogP contribution in [0.2, 0.25) is 0 Å². The number of para-hydroxylation sites is 1. The highest BCUT2D eigenvalue weighted by molar-refractivity contribution is 5.88. The van der Waals surface area contributed by atoms with Crippen molar-refractivity contribution >= 4 is 22.7 Å². The fourth-order valence-corrected chi connectivity index (χ4v) is 1.99. The van der Waals surface area contributed by atoms with E-state index in [-0.39, 0.29) is 12.0 Å². The van der Waals surface area contributed by atoms with Crippen LogP contribution in [0.5, 0.6) is 0 Å². The van der Waals surface area contributed by atoms with E-state index in [9.17, 15) is 4.79 Å². The lowest BCUT2D eigenvalue weighted by Gasteiger charge is -2.15. The first-order valence-electron chi connectivity index (χ1n) is 6.82. The Morgan fingerprint density at radius 3 is 2.95 bits per heavy atom. The lowest BCUT2D eigenvalue weighted by atomic mass is 10.1. The zero-order valence-electron chi connectivity index (χ0n) is 11.8. The van der Waals surface area contributed by atoms with E-state index in [1.54, 1.807) is 6.33 Å². The molecule has 0 saturated heterocycles. The van der Waals surface area contributed by atoms with Gasteiger partial charge < -0.3 is 10.1 Å². The molecule has 0 fully saturated rings. The fourth-order valence-electron chi connectivity index (χ4n) is 1.99. The SMILES string of the molecule is CCOC(=O)CCC(C)Nc1ncnc2ccccc12. The van der Waals surface area contributed by atoms with Crippen LogP contribution in [0.25, 0.3) is 10.9 Å². The van der Waals surface area contributed by atoms with Gasteiger partial charge in [-0.1, -0.05) is 12.1 Å². The smallest absolute Gasteiger partial charge is 0.305 e. The van der Waals surface area contributed by atoms with Crippen LogP contribution in [0.4, 0.5) is 5.82 Å². The third kappa shape index (κ3) is 3.66. The number of anilines is 1. The molecule has 1 atom stereocenters. The molecule has 1 aromatic heterocycles. The summed E-state index contributed by atoms with van der Waals surface area (Å²) in [5.74, 6) is 0.639. The first kappa shape index (κ1) is 14.2. The predicted octanol–water partition coefficient (Wildman–Crippen LogP) is 2.77. The van der Waals surface area contributed by atoms with Crippen molar-refractivity contribution in [1.82, 2.24) is 9.97 Å². The van der Waals surface area contributed by atoms with Crippen LogP contribution < -0.4 is 5.32 Å². The van der Waals surface area contributed by atoms with Gasteiger partial charge in [-0.3, -0.25) is 4.79 Å². The summed E-state index contributed by atoms with van der Waals surface area (Å²) in [4.78, 5) is 19.8. The number of fused-ring (bicyclic) bond motifs is 1. The highest BCUT2D eigenvalue weighted by atomic mass is 16.5. The molecule has 1 unspecified atom stereocenters. The van der Waals surface area contributed by atoms with Crippen LogP contribution >= 0.6 is 0 Å². The molecule has 2 aromatic rings. The third-order valence-corrected chi connectivity index (χ3v) is 3.01. The Morgan fingerprint density at radius 1 is 1.35 bits per heavy atom. The summed E-state index contributed by atoms with van der Waals surface area (Å²) in [6.45, 7) is 4.26. The second kappa shape index (κ2) is 6.84. The monoisotopic (exact) mass is 273 g/mol. The predicted molar refractivity (Wildman–Crippen MR) is 78.5 cm³/mol. The highest BCUT2D eigenvalue weighted by Crippen LogP contribution is 2.19. The maximum atomic E-state index is 11.3. The van der Waals surface area contributed by atoms with E-state index in [2.05, 4.69) is 15.3 Å². The van der Waals surface area contributed by atoms with Crippen molar-refractivity contribution in [3.8, 4) is 0 Å². The number of benzene rings is 1. The number of nitrogens with zero attached hydrogens (tertiary/aromatic N) is 2. The van der Waals surface area contributed by atoms with E-state index in [0.717, 1.165) is 16.7 Å². The molecule has 0 amide bonds. The van der Waals surface area contributed by atoms with Crippen molar-refractivity contribution in [3.63, 3.8) is 0 Å². The number of ether oxygens (including phenoxy) is 1. The summed E-state index contributed by atoms with van der Waals surface area (Å²) in [5, 5.41) is 4.31. The molecule has 5 heteroatoms. The zero-order chi connectivity index (χ0) is 14.4. The van der Waals surface area contributed by atoms with Gasteiger partial charge in [-0.05, 0) is 32.4 Å². The number of aromatic nitrogens is 2. The largest absolute Gasteiger partial charge is 0.466 e. The summed E-state index contributed by atoms with van der Waals surface area (Å²) >= 11 is 0. The number of esters is 1. The average molecular weight is 273 g/mol. The first-order chi connectivity index (χ1) is 9.70. The lowest BCUT2D eigenvalue weighted by molar-refractivity contribution is -0.143. The summed E-state index contributed by atoms with van der Waals surface area (Å²) in [5.41, 5.74) is 0.905. The van der Waals surface area contributed by atoms with Gasteiger partial charge in [0, 0.05) is 17.8 Å². The average Bonchev–Trinajstić information content (AvgIpc) is 2.46. The van der Waals surface area contributed by atoms with Crippen molar-refractivity contribution in [2.45, 2.75) is 32.7 Å². The Hall–Kier alpha value is -2.17. The van der Waals surface area contributed by atoms with Gasteiger partial charge in [0.15, 0.2) is 0 Å². The van der Waals surface area contributed by atoms with Crippen LogP contribution in [0.15, 0.2) is 30.6 Å². The van der Waals surface area contributed by atoms with Gasteiger partial charge in [-0.15, -0.1) is 0 Å². The minimum Gasteiger partial charge on any atom is -0.466 e. The second-order valence-corrected chi connectivity index (χ2v) is 4.63. The number of carbonyl (C=O) groups excluding carboxylic acids is 1. The van der Waals surface area contributed by atoms with Gasteiger partial charge >= 0.3 is 5.97 Å². The zero-order valence-corrected chi connectivity index (χ0v) is 11.8. The number of hydrogen-bond acceptors (Lipinski definition) is 5. The summed E-state index contributed by atoms with van der Waals surface area (Å²) in [6, 6.07) is 7.97. The van der Waals surface area contributed by atoms with Crippen LogP contribution in [0.1, 0.15) is 26.7 Å². The normalized spacial score (nSPS) is 12.1. The van der Waals surface area contributed by atoms with E-state index >= 15 is 0 Å². The fraction of sp³-hybridized carbons (Fsp3) is 0.400. The summed E-state index contributed by atoms with van der Waals surface area (Å²) in [6.07, 6.45) is 2.66. The minimum absolute atomic E-state index is 0.137. The lowest BCUT2D eigenvalue weighted by Crippen LogP contribution is -2.18. The first-order valence-corrected chi connectivity index (χ1v) is 6.82. The molecule has 2 rings (SSSR count). The Balaban J connectivity index is 1.99. The quantitative estimate of drug-likeness (QED) is 0.820. The third-order valence-electron chi connectivity index (χ3n) is 3.01. The Labute approximate surface area is 118 Å². The van der Waals surface area contributed by atoms with Crippen molar-refractivity contribution < 1.29 is 9.53 Å². The number of hydrogen-bond donors (Lipinski definition) is 1. The van der Waals surface area contributed by atoms with Crippen molar-refractivity contribution in [2.75, 3.05) is 11.9 Å². The molecule has 0 saturated carbocycles. The number of carbonyl (C=O) groups is 1. The van der Waals surface area contributed by atoms with Gasteiger partial charge in [0.05, 0.1) is 12.1 Å². The molecular weight excluding hydrogens is 254 g/mol. The number of nitrogens with one attached hydrogen (secondary N) is 1. The Morgan fingerprint density at radius 2 is 2.15 bits per heavy atom. The highest BCUT2D eigenvalue weighted by Gasteiger charge is 2.09. The molecule has 0 spiro atoms. The maximum Gasteiger partial charge on any atom is 0.305 e. The van der Waals surface area contributed by atoms with E-state index in [1.807, 2.05) is 38.1 Å². The van der Waals surface area contributed by atoms with Crippen LogP contribution in [-0.2, 0) is 9.53 Å². The van der Waals surface area contributed by atoms with Gasteiger partial charge in [0.1, 0.15) is 12.1 Å². The van der Waals surface area contributed by atoms with Gasteiger partial charge in [0.2, 0.25) is 0 Å². The van der Waals surface area contributed by atoms with E-state index in [0.29, 0.717) is 19.4 Å². The minimum atomic E-state index is -0.159. The second-order valence-electron chi connectivity index (χ2n) is 4.63. The molecule has 0 radical (unpaired) electrons. The van der Waals surface area contributed by atoms with Gasteiger partial charge in [-0.2, -0.15) is 0 Å². The molecule has 1 aromatic carbocycles. The van der Waals surface area contributed by atoms with Gasteiger partial charge in [0.25, 0.3) is 0 Å². The van der Waals surface area contributed by atoms with Crippen LogP contribution in [0.3, 0.4) is 0 Å². The van der Waals surface area contributed by atoms with Crippen molar-refractivity contribution in [1.29, 1.82) is 0 Å². The molecule has 1 heterocycles. The van der Waals surface area contributed by atoms with E-state index in [1.165, 1.54) is 0 Å². The molecule has 1 N–H and O–H groups in total. The van der Waals surface area contributed by atoms with E-state index < -0.39 is 0 Å². The van der Waals surface area contributed by atoms with Crippen molar-refractivity contribution in [3.05, 3.63) is 30.6 Å². The Bertz CT molecular complexity index is 581. The van der Waals surface area contributed by atoms with Gasteiger partial charge in [-0.25, -0.2) is 9.97 Å². The van der Waals surface area contributed by atoms with Crippen LogP contribution in [-0.4, -0.2) is 28.6 Å². The maximum absolute atomic E-state index is 11.3. The topological polar surface area (TPSA) is 64.1 Å². The molecule has 106 valence electrons. The molecule has 0 bridgehead atoms. The number of rotatable bonds is 6. The van der Waals surface area contributed by atoms with E-state index in [4.69, 9.17) is 4.74 Å². The van der Waals surface area contributed by atoms with Crippen molar-refractivity contribution in [2.24, 2.45) is 0 Å². The molecular formula is C15H19N3O2. The van der Waals surface area contributed by atoms with Crippen LogP contribution in [0, 0.1) is 0 Å². The molecule has 0 aliphatic heterocycles. The molecule has 0 aliphatic carbocycles. The molecule has 5 nitrogen and oxygen atoms in total.